The summed E-state index contributed by atoms with van der Waals surface area (Å²) in [5.41, 5.74) is 30.9. The van der Waals surface area contributed by atoms with E-state index in [2.05, 4.69) is 110 Å². The van der Waals surface area contributed by atoms with Crippen LogP contribution in [0.2, 0.25) is 0 Å². The van der Waals surface area contributed by atoms with Crippen molar-refractivity contribution in [1.82, 2.24) is 19.9 Å². The topological polar surface area (TPSA) is 159 Å². The van der Waals surface area contributed by atoms with Crippen LogP contribution in [0.1, 0.15) is 63.1 Å². The van der Waals surface area contributed by atoms with E-state index in [1.54, 1.807) is 30.9 Å². The molecule has 9 N–H and O–H groups in total. The molecule has 0 spiro atoms. The monoisotopic (exact) mass is 1150 g/mol. The average Bonchev–Trinajstić information content (AvgIpc) is 3.03. The summed E-state index contributed by atoms with van der Waals surface area (Å²) in [5, 5.41) is 1.73. The smallest absolute Gasteiger partial charge is 0.114 e. The second kappa shape index (κ2) is 32.8. The number of aromatic nitrogens is 4. The van der Waals surface area contributed by atoms with Gasteiger partial charge in [0.05, 0.1) is 0 Å². The van der Waals surface area contributed by atoms with Crippen LogP contribution in [0.15, 0.2) is 59.1 Å². The first kappa shape index (κ1) is 53.4. The molecule has 4 heterocycles. The van der Waals surface area contributed by atoms with E-state index in [1.165, 1.54) is 21.6 Å². The van der Waals surface area contributed by atoms with Gasteiger partial charge in [0.2, 0.25) is 0 Å². The maximum Gasteiger partial charge on any atom is 0.114 e. The van der Waals surface area contributed by atoms with E-state index in [-0.39, 0.29) is 7.43 Å². The number of aryl methyl sites for hydroxylation is 5. The van der Waals surface area contributed by atoms with Gasteiger partial charge >= 0.3 is 0 Å². The predicted octanol–water partition coefficient (Wildman–Crippen LogP) is 12.3. The van der Waals surface area contributed by atoms with Crippen molar-refractivity contribution >= 4 is 147 Å². The second-order valence-corrected chi connectivity index (χ2v) is 21.8. The first-order valence-electron chi connectivity index (χ1n) is 13.9. The zero-order chi connectivity index (χ0) is 36.4. The van der Waals surface area contributed by atoms with Crippen LogP contribution in [0.3, 0.4) is 0 Å². The number of nitrogens with one attached hydrogen (secondary N) is 1. The molecule has 0 amide bonds. The minimum atomic E-state index is 0. The van der Waals surface area contributed by atoms with E-state index in [1.807, 2.05) is 85.4 Å². The SMILES string of the molecule is C.CC.CC.CI.Cc1c[nH]c(=S)cc1N.Cc1cc(N)c(C)cn1.Cc1cnc(SSc2cc(N)c(C)cn2)cc1N.IC(I)I. The molecule has 0 bridgehead atoms. The fourth-order valence-corrected chi connectivity index (χ4v) is 4.38. The molecule has 0 unspecified atom stereocenters. The first-order valence-corrected chi connectivity index (χ1v) is 22.4. The number of halogens is 4. The number of rotatable bonds is 3. The number of pyridine rings is 4. The van der Waals surface area contributed by atoms with Crippen LogP contribution in [0.25, 0.3) is 0 Å². The summed E-state index contributed by atoms with van der Waals surface area (Å²) < 4.78 is 1.42. The lowest BCUT2D eigenvalue weighted by Crippen LogP contribution is -1.92. The zero-order valence-electron chi connectivity index (χ0n) is 28.1. The summed E-state index contributed by atoms with van der Waals surface area (Å²) in [5.74, 6) is 0. The van der Waals surface area contributed by atoms with Gasteiger partial charge in [0.1, 0.15) is 14.6 Å². The molecule has 0 saturated heterocycles. The Morgan fingerprint density at radius 1 is 0.617 bits per heavy atom. The highest BCUT2D eigenvalue weighted by Gasteiger charge is 2.04. The molecule has 8 nitrogen and oxygen atoms in total. The van der Waals surface area contributed by atoms with Crippen molar-refractivity contribution in [1.29, 1.82) is 0 Å². The molecule has 0 fully saturated rings. The van der Waals surface area contributed by atoms with Gasteiger partial charge in [-0.2, -0.15) is 0 Å². The number of nitrogens with two attached hydrogens (primary N) is 4. The summed E-state index contributed by atoms with van der Waals surface area (Å²) >= 11 is 13.9. The summed E-state index contributed by atoms with van der Waals surface area (Å²) in [7, 11) is 3.04. The molecule has 0 aliphatic rings. The van der Waals surface area contributed by atoms with Gasteiger partial charge in [-0.05, 0) is 108 Å². The van der Waals surface area contributed by atoms with Crippen LogP contribution >= 0.6 is 124 Å². The summed E-state index contributed by atoms with van der Waals surface area (Å²) in [6.07, 6.45) is 7.13. The molecule has 266 valence electrons. The molecule has 0 atom stereocenters. The van der Waals surface area contributed by atoms with Crippen molar-refractivity contribution < 1.29 is 0 Å². The van der Waals surface area contributed by atoms with E-state index in [9.17, 15) is 0 Å². The average molecular weight is 1150 g/mol. The maximum absolute atomic E-state index is 5.84. The van der Waals surface area contributed by atoms with Gasteiger partial charge < -0.3 is 27.9 Å². The fourth-order valence-electron chi connectivity index (χ4n) is 2.42. The molecule has 47 heavy (non-hydrogen) atoms. The largest absolute Gasteiger partial charge is 0.398 e. The molecular formula is C32H52I4N8S3. The lowest BCUT2D eigenvalue weighted by Gasteiger charge is -2.04. The Hall–Kier alpha value is -0.360. The van der Waals surface area contributed by atoms with Crippen LogP contribution in [-0.2, 0) is 0 Å². The first-order chi connectivity index (χ1) is 21.7. The molecular weight excluding hydrogens is 1100 g/mol. The number of alkyl halides is 4. The van der Waals surface area contributed by atoms with Gasteiger partial charge in [-0.15, -0.1) is 0 Å². The van der Waals surface area contributed by atoms with Crippen molar-refractivity contribution in [2.45, 2.75) is 79.7 Å². The van der Waals surface area contributed by atoms with Gasteiger partial charge in [0.25, 0.3) is 0 Å². The highest BCUT2D eigenvalue weighted by Crippen LogP contribution is 2.36. The molecule has 0 aliphatic carbocycles. The molecule has 0 aliphatic heterocycles. The Balaban J connectivity index is -0.000000272. The molecule has 0 saturated carbocycles. The predicted molar refractivity (Wildman–Crippen MR) is 253 cm³/mol. The lowest BCUT2D eigenvalue weighted by atomic mass is 10.2. The summed E-state index contributed by atoms with van der Waals surface area (Å²) in [6, 6.07) is 7.34. The normalized spacial score (nSPS) is 8.83. The second-order valence-electron chi connectivity index (χ2n) is 8.29. The Labute approximate surface area is 351 Å². The highest BCUT2D eigenvalue weighted by atomic mass is 127. The number of nitrogen functional groups attached to an aromatic ring is 4. The van der Waals surface area contributed by atoms with Crippen LogP contribution < -0.4 is 22.9 Å². The van der Waals surface area contributed by atoms with E-state index in [0.29, 0.717) is 4.64 Å². The van der Waals surface area contributed by atoms with Crippen molar-refractivity contribution in [2.75, 3.05) is 27.9 Å². The van der Waals surface area contributed by atoms with E-state index in [0.717, 1.165) is 60.7 Å². The minimum Gasteiger partial charge on any atom is -0.398 e. The molecule has 4 aromatic rings. The quantitative estimate of drug-likeness (QED) is 0.0579. The van der Waals surface area contributed by atoms with Gasteiger partial charge in [-0.25, -0.2) is 9.97 Å². The third kappa shape index (κ3) is 27.1. The lowest BCUT2D eigenvalue weighted by molar-refractivity contribution is 1.11. The van der Waals surface area contributed by atoms with Crippen molar-refractivity contribution in [2.24, 2.45) is 0 Å². The van der Waals surface area contributed by atoms with Gasteiger partial charge in [0, 0.05) is 53.2 Å². The van der Waals surface area contributed by atoms with Gasteiger partial charge in [0.15, 0.2) is 0 Å². The van der Waals surface area contributed by atoms with Crippen molar-refractivity contribution in [3.05, 3.63) is 81.6 Å². The summed E-state index contributed by atoms with van der Waals surface area (Å²) in [4.78, 5) is 17.5. The molecule has 4 aromatic heterocycles. The molecule has 0 aromatic carbocycles. The number of aromatic amines is 1. The standard InChI is InChI=1S/C12H14N4S2.C7H10N2.C6H8N2S.2C2H6.CHI3.CH3I.CH4/c1-7-5-15-11(3-9(7)13)17-18-12-4-10(14)8(2)6-16-12;1-5-4-9-6(2)3-7(5)8;1-4-3-8-6(9)2-5(4)7;2*1-2;2-1(3)4;1-2;/h3-6H,1-2H3,(H2,13,15)(H2,14,16);3-4H,1-2H3,(H2,8,9);2-3H,1H3,(H3,7,8,9);2*1-2H3;1H;1H3;1H4. The Bertz CT molecular complexity index is 1390. The van der Waals surface area contributed by atoms with Gasteiger partial charge in [-0.3, -0.25) is 4.98 Å². The highest BCUT2D eigenvalue weighted by molar-refractivity contribution is 14.3. The molecule has 15 heteroatoms. The van der Waals surface area contributed by atoms with Crippen molar-refractivity contribution in [3.8, 4) is 0 Å². The van der Waals surface area contributed by atoms with E-state index >= 15 is 0 Å². The van der Waals surface area contributed by atoms with Gasteiger partial charge in [-0.1, -0.05) is 138 Å². The van der Waals surface area contributed by atoms with E-state index < -0.39 is 0 Å². The number of H-pyrrole nitrogens is 1. The van der Waals surface area contributed by atoms with Crippen molar-refractivity contribution in [3.63, 3.8) is 0 Å². The van der Waals surface area contributed by atoms with Crippen LogP contribution in [0, 0.1) is 39.3 Å². The van der Waals surface area contributed by atoms with Crippen LogP contribution in [-0.4, -0.2) is 24.8 Å². The molecule has 0 radical (unpaired) electrons. The van der Waals surface area contributed by atoms with Crippen LogP contribution in [0.4, 0.5) is 22.7 Å². The minimum absolute atomic E-state index is 0. The maximum atomic E-state index is 5.84. The third-order valence-electron chi connectivity index (χ3n) is 4.91. The Morgan fingerprint density at radius 2 is 0.936 bits per heavy atom. The number of nitrogens with zero attached hydrogens (tertiary/aromatic N) is 3. The number of anilines is 4. The van der Waals surface area contributed by atoms with E-state index in [4.69, 9.17) is 35.2 Å². The number of hydrogen-bond donors (Lipinski definition) is 5. The summed E-state index contributed by atoms with van der Waals surface area (Å²) in [6.45, 7) is 17.7. The third-order valence-corrected chi connectivity index (χ3v) is 7.29. The zero-order valence-corrected chi connectivity index (χ0v) is 39.2. The van der Waals surface area contributed by atoms with Crippen LogP contribution in [0.5, 0.6) is 0 Å². The Kier molecular flexibility index (Phi) is 37.3. The fraction of sp³-hybridized carbons (Fsp3) is 0.375. The molecule has 4 rings (SSSR count). The number of hydrogen-bond acceptors (Lipinski definition) is 10. The Morgan fingerprint density at radius 3 is 1.21 bits per heavy atom.